The fraction of sp³-hybridized carbons (Fsp3) is 0.706. The summed E-state index contributed by atoms with van der Waals surface area (Å²) in [6.45, 7) is 17.8. The zero-order chi connectivity index (χ0) is 39.6. The van der Waals surface area contributed by atoms with Crippen LogP contribution in [0.1, 0.15) is 83.1 Å². The van der Waals surface area contributed by atoms with E-state index in [1.165, 1.54) is 21.9 Å². The SMILES string of the molecule is CC(C)(C)OC(=O)CN(CCN(CC(=O)OC(C)(C)C)CC(=O)OC(C)(C)C)CCN(CC(=O)OC(C)(C)C)S(=O)(=O)c1ccccc1[N+](=O)[O-]. The fourth-order valence-electron chi connectivity index (χ4n) is 4.46. The van der Waals surface area contributed by atoms with E-state index in [1.54, 1.807) is 83.1 Å². The first-order valence-corrected chi connectivity index (χ1v) is 18.0. The van der Waals surface area contributed by atoms with Gasteiger partial charge in [-0.1, -0.05) is 12.1 Å². The smallest absolute Gasteiger partial charge is 0.321 e. The predicted molar refractivity (Wildman–Crippen MR) is 188 cm³/mol. The van der Waals surface area contributed by atoms with Crippen molar-refractivity contribution in [3.8, 4) is 0 Å². The molecule has 17 heteroatoms. The molecule has 0 spiro atoms. The monoisotopic (exact) mass is 744 g/mol. The molecular weight excluding hydrogens is 688 g/mol. The van der Waals surface area contributed by atoms with Crippen molar-refractivity contribution < 1.29 is 51.5 Å². The molecule has 0 heterocycles. The lowest BCUT2D eigenvalue weighted by Gasteiger charge is -2.31. The lowest BCUT2D eigenvalue weighted by molar-refractivity contribution is -0.387. The van der Waals surface area contributed by atoms with E-state index in [1.807, 2.05) is 0 Å². The molecule has 290 valence electrons. The molecule has 16 nitrogen and oxygen atoms in total. The van der Waals surface area contributed by atoms with Gasteiger partial charge in [0.15, 0.2) is 4.90 Å². The van der Waals surface area contributed by atoms with Gasteiger partial charge in [0.2, 0.25) is 10.0 Å². The number of ether oxygens (including phenoxy) is 4. The van der Waals surface area contributed by atoms with Crippen LogP contribution in [0.15, 0.2) is 29.2 Å². The zero-order valence-corrected chi connectivity index (χ0v) is 32.9. The van der Waals surface area contributed by atoms with Crippen LogP contribution in [-0.2, 0) is 48.1 Å². The molecule has 0 saturated heterocycles. The number of carbonyl (C=O) groups is 4. The molecule has 0 N–H and O–H groups in total. The minimum absolute atomic E-state index is 0.0106. The van der Waals surface area contributed by atoms with Crippen molar-refractivity contribution in [2.45, 2.75) is 110 Å². The molecule has 0 aliphatic carbocycles. The van der Waals surface area contributed by atoms with Gasteiger partial charge in [0, 0.05) is 32.2 Å². The van der Waals surface area contributed by atoms with E-state index in [0.717, 1.165) is 16.4 Å². The number of rotatable bonds is 17. The van der Waals surface area contributed by atoms with Gasteiger partial charge in [0.05, 0.1) is 24.6 Å². The largest absolute Gasteiger partial charge is 0.459 e. The van der Waals surface area contributed by atoms with Crippen LogP contribution in [0, 0.1) is 10.1 Å². The molecule has 0 aliphatic rings. The first-order chi connectivity index (χ1) is 23.0. The number of hydrogen-bond acceptors (Lipinski definition) is 14. The molecule has 0 unspecified atom stereocenters. The van der Waals surface area contributed by atoms with E-state index in [4.69, 9.17) is 18.9 Å². The number of hydrogen-bond donors (Lipinski definition) is 0. The maximum atomic E-state index is 13.9. The maximum Gasteiger partial charge on any atom is 0.321 e. The first-order valence-electron chi connectivity index (χ1n) is 16.5. The van der Waals surface area contributed by atoms with Crippen LogP contribution in [-0.4, -0.2) is 126 Å². The standard InChI is InChI=1S/C34H56N4O12S/c1-31(2,3)47-27(39)21-35(17-18-36(22-28(40)48-32(4,5)6)23-29(41)49-33(7,8)9)19-20-37(24-30(42)50-34(10,11)12)51(45,46)26-16-14-13-15-25(26)38(43)44/h13-16H,17-24H2,1-12H3. The van der Waals surface area contributed by atoms with Gasteiger partial charge in [0.1, 0.15) is 28.9 Å². The van der Waals surface area contributed by atoms with Crippen LogP contribution in [0.3, 0.4) is 0 Å². The van der Waals surface area contributed by atoms with Gasteiger partial charge in [-0.2, -0.15) is 4.31 Å². The van der Waals surface area contributed by atoms with E-state index < -0.39 is 84.9 Å². The molecule has 0 fully saturated rings. The number of carbonyl (C=O) groups excluding carboxylic acids is 4. The van der Waals surface area contributed by atoms with Gasteiger partial charge < -0.3 is 18.9 Å². The number of nitro groups is 1. The second-order valence-electron chi connectivity index (χ2n) is 15.9. The van der Waals surface area contributed by atoms with Crippen LogP contribution < -0.4 is 0 Å². The Labute approximate surface area is 301 Å². The van der Waals surface area contributed by atoms with E-state index in [0.29, 0.717) is 0 Å². The maximum absolute atomic E-state index is 13.9. The first kappa shape index (κ1) is 45.4. The normalized spacial score (nSPS) is 12.9. The van der Waals surface area contributed by atoms with Crippen molar-refractivity contribution >= 4 is 39.6 Å². The van der Waals surface area contributed by atoms with E-state index >= 15 is 0 Å². The minimum Gasteiger partial charge on any atom is -0.459 e. The molecule has 0 radical (unpaired) electrons. The van der Waals surface area contributed by atoms with Gasteiger partial charge >= 0.3 is 23.9 Å². The van der Waals surface area contributed by atoms with E-state index in [9.17, 15) is 37.7 Å². The highest BCUT2D eigenvalue weighted by molar-refractivity contribution is 7.89. The van der Waals surface area contributed by atoms with Gasteiger partial charge in [-0.05, 0) is 89.2 Å². The summed E-state index contributed by atoms with van der Waals surface area (Å²) in [7, 11) is -4.66. The summed E-state index contributed by atoms with van der Waals surface area (Å²) in [6, 6.07) is 4.75. The molecule has 1 aromatic rings. The summed E-state index contributed by atoms with van der Waals surface area (Å²) in [4.78, 5) is 64.8. The minimum atomic E-state index is -4.66. The van der Waals surface area contributed by atoms with Crippen molar-refractivity contribution in [1.29, 1.82) is 0 Å². The summed E-state index contributed by atoms with van der Waals surface area (Å²) in [5, 5.41) is 11.8. The third-order valence-electron chi connectivity index (χ3n) is 6.12. The second-order valence-corrected chi connectivity index (χ2v) is 17.8. The Balaban J connectivity index is 3.50. The lowest BCUT2D eigenvalue weighted by atomic mass is 10.2. The summed E-state index contributed by atoms with van der Waals surface area (Å²) >= 11 is 0. The van der Waals surface area contributed by atoms with Gasteiger partial charge in [0.25, 0.3) is 5.69 Å². The van der Waals surface area contributed by atoms with Gasteiger partial charge in [-0.15, -0.1) is 0 Å². The van der Waals surface area contributed by atoms with Crippen molar-refractivity contribution in [3.05, 3.63) is 34.4 Å². The third kappa shape index (κ3) is 18.9. The van der Waals surface area contributed by atoms with E-state index in [2.05, 4.69) is 0 Å². The van der Waals surface area contributed by atoms with Crippen molar-refractivity contribution in [2.75, 3.05) is 52.4 Å². The quantitative estimate of drug-likeness (QED) is 0.0973. The Morgan fingerprint density at radius 2 is 0.922 bits per heavy atom. The molecule has 0 atom stereocenters. The topological polar surface area (TPSA) is 192 Å². The number of nitro benzene ring substituents is 1. The predicted octanol–water partition coefficient (Wildman–Crippen LogP) is 3.56. The Morgan fingerprint density at radius 3 is 1.31 bits per heavy atom. The average Bonchev–Trinajstić information content (AvgIpc) is 2.89. The van der Waals surface area contributed by atoms with Crippen molar-refractivity contribution in [3.63, 3.8) is 0 Å². The van der Waals surface area contributed by atoms with E-state index in [-0.39, 0.29) is 39.3 Å². The fourth-order valence-corrected chi connectivity index (χ4v) is 5.99. The Kier molecular flexibility index (Phi) is 16.2. The molecule has 0 aromatic heterocycles. The van der Waals surface area contributed by atoms with Crippen molar-refractivity contribution in [1.82, 2.24) is 14.1 Å². The number of sulfonamides is 1. The molecular formula is C34H56N4O12S. The van der Waals surface area contributed by atoms with Crippen LogP contribution >= 0.6 is 0 Å². The highest BCUT2D eigenvalue weighted by atomic mass is 32.2. The molecule has 0 bridgehead atoms. The highest BCUT2D eigenvalue weighted by Crippen LogP contribution is 2.26. The molecule has 0 aliphatic heterocycles. The summed E-state index contributed by atoms with van der Waals surface area (Å²) in [5.41, 5.74) is -4.08. The number of esters is 4. The van der Waals surface area contributed by atoms with Gasteiger partial charge in [-0.25, -0.2) is 8.42 Å². The Morgan fingerprint density at radius 1 is 0.588 bits per heavy atom. The molecule has 51 heavy (non-hydrogen) atoms. The molecule has 0 amide bonds. The van der Waals surface area contributed by atoms with Crippen molar-refractivity contribution in [2.24, 2.45) is 0 Å². The average molecular weight is 745 g/mol. The second kappa shape index (κ2) is 18.2. The summed E-state index contributed by atoms with van der Waals surface area (Å²) in [5.74, 6) is -2.76. The summed E-state index contributed by atoms with van der Waals surface area (Å²) in [6.07, 6.45) is 0. The number of nitrogens with zero attached hydrogens (tertiary/aromatic N) is 4. The molecule has 1 rings (SSSR count). The van der Waals surface area contributed by atoms with Crippen LogP contribution in [0.25, 0.3) is 0 Å². The number of benzene rings is 1. The lowest BCUT2D eigenvalue weighted by Crippen LogP contribution is -2.47. The molecule has 0 saturated carbocycles. The summed E-state index contributed by atoms with van der Waals surface area (Å²) < 4.78 is 50.3. The zero-order valence-electron chi connectivity index (χ0n) is 32.1. The van der Waals surface area contributed by atoms with Crippen LogP contribution in [0.5, 0.6) is 0 Å². The third-order valence-corrected chi connectivity index (χ3v) is 8.01. The molecule has 1 aromatic carbocycles. The Hall–Kier alpha value is -3.67. The Bertz CT molecular complexity index is 1460. The number of para-hydroxylation sites is 1. The van der Waals surface area contributed by atoms with Gasteiger partial charge in [-0.3, -0.25) is 39.1 Å². The van der Waals surface area contributed by atoms with Crippen LogP contribution in [0.4, 0.5) is 5.69 Å². The highest BCUT2D eigenvalue weighted by Gasteiger charge is 2.34. The van der Waals surface area contributed by atoms with Crippen LogP contribution in [0.2, 0.25) is 0 Å².